The number of nitrogens with zero attached hydrogens (tertiary/aromatic N) is 1. The van der Waals surface area contributed by atoms with E-state index in [0.29, 0.717) is 12.0 Å². The van der Waals surface area contributed by atoms with E-state index in [9.17, 15) is 0 Å². The summed E-state index contributed by atoms with van der Waals surface area (Å²) < 4.78 is 5.84. The predicted octanol–water partition coefficient (Wildman–Crippen LogP) is 2.27. The van der Waals surface area contributed by atoms with Crippen molar-refractivity contribution >= 4 is 0 Å². The highest BCUT2D eigenvalue weighted by atomic mass is 16.5. The lowest BCUT2D eigenvalue weighted by molar-refractivity contribution is 0.00514. The second-order valence-corrected chi connectivity index (χ2v) is 4.58. The smallest absolute Gasteiger partial charge is 0.0754 e. The highest BCUT2D eigenvalue weighted by Crippen LogP contribution is 2.14. The summed E-state index contributed by atoms with van der Waals surface area (Å²) in [5.41, 5.74) is 1.11. The molecule has 96 valence electrons. The van der Waals surface area contributed by atoms with Crippen molar-refractivity contribution in [3.8, 4) is 0 Å². The zero-order valence-electron chi connectivity index (χ0n) is 11.3. The molecule has 0 spiro atoms. The van der Waals surface area contributed by atoms with Crippen molar-refractivity contribution in [3.05, 3.63) is 30.1 Å². The van der Waals surface area contributed by atoms with E-state index in [1.54, 1.807) is 0 Å². The van der Waals surface area contributed by atoms with Crippen molar-refractivity contribution in [1.29, 1.82) is 0 Å². The molecule has 3 heteroatoms. The quantitative estimate of drug-likeness (QED) is 0.788. The minimum atomic E-state index is 0.229. The van der Waals surface area contributed by atoms with Crippen LogP contribution < -0.4 is 5.32 Å². The molecule has 1 aromatic rings. The van der Waals surface area contributed by atoms with Crippen LogP contribution in [0.4, 0.5) is 0 Å². The molecule has 0 aromatic carbocycles. The molecule has 0 amide bonds. The van der Waals surface area contributed by atoms with E-state index in [4.69, 9.17) is 4.74 Å². The van der Waals surface area contributed by atoms with Gasteiger partial charge in [0.2, 0.25) is 0 Å². The van der Waals surface area contributed by atoms with Gasteiger partial charge >= 0.3 is 0 Å². The maximum absolute atomic E-state index is 5.84. The minimum Gasteiger partial charge on any atom is -0.377 e. The third-order valence-corrected chi connectivity index (χ3v) is 2.94. The number of likely N-dealkylation sites (N-methyl/N-ethyl adjacent to an activating group) is 1. The van der Waals surface area contributed by atoms with E-state index in [-0.39, 0.29) is 6.10 Å². The van der Waals surface area contributed by atoms with Gasteiger partial charge in [-0.05, 0) is 32.0 Å². The van der Waals surface area contributed by atoms with Crippen LogP contribution in [-0.4, -0.2) is 30.8 Å². The van der Waals surface area contributed by atoms with Gasteiger partial charge in [-0.2, -0.15) is 0 Å². The molecule has 0 aliphatic rings. The van der Waals surface area contributed by atoms with Gasteiger partial charge in [-0.1, -0.05) is 19.9 Å². The Labute approximate surface area is 105 Å². The van der Waals surface area contributed by atoms with Crippen LogP contribution >= 0.6 is 0 Å². The molecular formula is C14H24N2O. The van der Waals surface area contributed by atoms with Gasteiger partial charge in [0.05, 0.1) is 6.10 Å². The Morgan fingerprint density at radius 1 is 1.35 bits per heavy atom. The molecular weight excluding hydrogens is 212 g/mol. The van der Waals surface area contributed by atoms with Crippen molar-refractivity contribution in [2.45, 2.75) is 39.3 Å². The first-order valence-electron chi connectivity index (χ1n) is 6.37. The van der Waals surface area contributed by atoms with E-state index in [1.807, 2.05) is 32.3 Å². The molecule has 0 aliphatic carbocycles. The normalized spacial score (nSPS) is 14.9. The van der Waals surface area contributed by atoms with Crippen LogP contribution in [0.3, 0.4) is 0 Å². The number of ether oxygens (including phenoxy) is 1. The summed E-state index contributed by atoms with van der Waals surface area (Å²) in [6, 6.07) is 6.35. The molecule has 0 bridgehead atoms. The maximum atomic E-state index is 5.84. The fourth-order valence-corrected chi connectivity index (χ4v) is 2.09. The van der Waals surface area contributed by atoms with Gasteiger partial charge in [-0.25, -0.2) is 0 Å². The first-order chi connectivity index (χ1) is 8.19. The summed E-state index contributed by atoms with van der Waals surface area (Å²) in [6.07, 6.45) is 2.97. The zero-order valence-corrected chi connectivity index (χ0v) is 11.3. The average molecular weight is 236 g/mol. The van der Waals surface area contributed by atoms with Crippen LogP contribution in [0.25, 0.3) is 0 Å². The van der Waals surface area contributed by atoms with Gasteiger partial charge in [0.15, 0.2) is 0 Å². The van der Waals surface area contributed by atoms with Crippen LogP contribution in [0, 0.1) is 5.92 Å². The van der Waals surface area contributed by atoms with Gasteiger partial charge in [0, 0.05) is 31.0 Å². The van der Waals surface area contributed by atoms with E-state index in [2.05, 4.69) is 30.2 Å². The van der Waals surface area contributed by atoms with Crippen molar-refractivity contribution in [2.24, 2.45) is 5.92 Å². The Kier molecular flexibility index (Phi) is 6.16. The molecule has 1 rings (SSSR count). The molecule has 2 atom stereocenters. The molecule has 1 aromatic heterocycles. The number of rotatable bonds is 7. The molecule has 0 fully saturated rings. The molecule has 17 heavy (non-hydrogen) atoms. The standard InChI is InChI=1S/C14H24N2O/c1-5-17-14(11(2)3)13(15-4)10-12-8-6-7-9-16-12/h6-9,11,13-15H,5,10H2,1-4H3. The molecule has 0 aliphatic heterocycles. The average Bonchev–Trinajstić information content (AvgIpc) is 2.34. The van der Waals surface area contributed by atoms with E-state index in [0.717, 1.165) is 18.7 Å². The monoisotopic (exact) mass is 236 g/mol. The van der Waals surface area contributed by atoms with E-state index >= 15 is 0 Å². The molecule has 3 nitrogen and oxygen atoms in total. The largest absolute Gasteiger partial charge is 0.377 e. The van der Waals surface area contributed by atoms with Gasteiger partial charge in [0.1, 0.15) is 0 Å². The lowest BCUT2D eigenvalue weighted by Gasteiger charge is -2.29. The van der Waals surface area contributed by atoms with Crippen molar-refractivity contribution in [3.63, 3.8) is 0 Å². The highest BCUT2D eigenvalue weighted by Gasteiger charge is 2.24. The predicted molar refractivity (Wildman–Crippen MR) is 71.0 cm³/mol. The summed E-state index contributed by atoms with van der Waals surface area (Å²) in [4.78, 5) is 4.37. The van der Waals surface area contributed by atoms with Crippen LogP contribution in [0.15, 0.2) is 24.4 Å². The number of hydrogen-bond acceptors (Lipinski definition) is 3. The van der Waals surface area contributed by atoms with Crippen LogP contribution in [0.1, 0.15) is 26.5 Å². The minimum absolute atomic E-state index is 0.229. The van der Waals surface area contributed by atoms with Gasteiger partial charge < -0.3 is 10.1 Å². The second-order valence-electron chi connectivity index (χ2n) is 4.58. The van der Waals surface area contributed by atoms with E-state index < -0.39 is 0 Å². The number of aromatic nitrogens is 1. The SMILES string of the molecule is CCOC(C(C)C)C(Cc1ccccn1)NC. The highest BCUT2D eigenvalue weighted by molar-refractivity contribution is 5.06. The van der Waals surface area contributed by atoms with Gasteiger partial charge in [-0.3, -0.25) is 4.98 Å². The molecule has 0 saturated heterocycles. The summed E-state index contributed by atoms with van der Waals surface area (Å²) in [6.45, 7) is 7.19. The Balaban J connectivity index is 2.69. The summed E-state index contributed by atoms with van der Waals surface area (Å²) >= 11 is 0. The molecule has 2 unspecified atom stereocenters. The third kappa shape index (κ3) is 4.44. The Morgan fingerprint density at radius 3 is 2.59 bits per heavy atom. The summed E-state index contributed by atoms with van der Waals surface area (Å²) in [5, 5.41) is 3.35. The molecule has 0 saturated carbocycles. The molecule has 1 N–H and O–H groups in total. The lowest BCUT2D eigenvalue weighted by atomic mass is 9.95. The first kappa shape index (κ1) is 14.1. The lowest BCUT2D eigenvalue weighted by Crippen LogP contribution is -2.44. The number of hydrogen-bond donors (Lipinski definition) is 1. The van der Waals surface area contributed by atoms with Crippen LogP contribution in [0.5, 0.6) is 0 Å². The first-order valence-corrected chi connectivity index (χ1v) is 6.37. The van der Waals surface area contributed by atoms with Crippen LogP contribution in [-0.2, 0) is 11.2 Å². The summed E-state index contributed by atoms with van der Waals surface area (Å²) in [5.74, 6) is 0.496. The number of nitrogens with one attached hydrogen (secondary N) is 1. The van der Waals surface area contributed by atoms with Crippen molar-refractivity contribution in [2.75, 3.05) is 13.7 Å². The van der Waals surface area contributed by atoms with Gasteiger partial charge in [0.25, 0.3) is 0 Å². The van der Waals surface area contributed by atoms with Gasteiger partial charge in [-0.15, -0.1) is 0 Å². The van der Waals surface area contributed by atoms with Crippen LogP contribution in [0.2, 0.25) is 0 Å². The molecule has 1 heterocycles. The summed E-state index contributed by atoms with van der Waals surface area (Å²) in [7, 11) is 1.99. The third-order valence-electron chi connectivity index (χ3n) is 2.94. The fourth-order valence-electron chi connectivity index (χ4n) is 2.09. The zero-order chi connectivity index (χ0) is 12.7. The number of pyridine rings is 1. The maximum Gasteiger partial charge on any atom is 0.0754 e. The molecule has 0 radical (unpaired) electrons. The van der Waals surface area contributed by atoms with Crippen molar-refractivity contribution in [1.82, 2.24) is 10.3 Å². The van der Waals surface area contributed by atoms with Crippen molar-refractivity contribution < 1.29 is 4.74 Å². The second kappa shape index (κ2) is 7.41. The Morgan fingerprint density at radius 2 is 2.12 bits per heavy atom. The Hall–Kier alpha value is -0.930. The topological polar surface area (TPSA) is 34.1 Å². The van der Waals surface area contributed by atoms with E-state index in [1.165, 1.54) is 0 Å². The fraction of sp³-hybridized carbons (Fsp3) is 0.643. The Bertz CT molecular complexity index is 300.